The molecule has 0 aliphatic heterocycles. The van der Waals surface area contributed by atoms with Crippen LogP contribution in [0.15, 0.2) is 54.6 Å². The van der Waals surface area contributed by atoms with Crippen LogP contribution in [0, 0.1) is 5.41 Å². The van der Waals surface area contributed by atoms with E-state index >= 15 is 0 Å². The van der Waals surface area contributed by atoms with Crippen molar-refractivity contribution in [2.24, 2.45) is 5.41 Å². The van der Waals surface area contributed by atoms with Crippen LogP contribution in [0.3, 0.4) is 0 Å². The number of nitrogens with one attached hydrogen (secondary N) is 1. The molecule has 0 saturated heterocycles. The van der Waals surface area contributed by atoms with Gasteiger partial charge < -0.3 is 20.0 Å². The Morgan fingerprint density at radius 1 is 0.968 bits per heavy atom. The molecule has 2 rings (SSSR count). The van der Waals surface area contributed by atoms with E-state index < -0.39 is 11.4 Å². The number of ether oxygens (including phenoxy) is 1. The van der Waals surface area contributed by atoms with Crippen LogP contribution in [0.5, 0.6) is 0 Å². The number of hydrogen-bond donors (Lipinski definition) is 1. The van der Waals surface area contributed by atoms with Gasteiger partial charge in [-0.3, -0.25) is 9.59 Å². The zero-order chi connectivity index (χ0) is 22.0. The summed E-state index contributed by atoms with van der Waals surface area (Å²) in [6.45, 7) is 4.11. The summed E-state index contributed by atoms with van der Waals surface area (Å²) in [6, 6.07) is 18.1. The topological polar surface area (TPSA) is 95.5 Å². The van der Waals surface area contributed by atoms with Gasteiger partial charge in [0, 0.05) is 18.9 Å². The SMILES string of the molecule is CCOC(=O)[C@@](C)(CCNC(=O)CCC(=O)[O-])Cc1ccc(-c2ccccc2)cc1.[Na+]. The van der Waals surface area contributed by atoms with E-state index in [2.05, 4.69) is 5.32 Å². The number of aliphatic carboxylic acids is 1. The maximum absolute atomic E-state index is 12.6. The Balaban J connectivity index is 0.00000480. The van der Waals surface area contributed by atoms with Gasteiger partial charge in [0.05, 0.1) is 12.0 Å². The second-order valence-electron chi connectivity index (χ2n) is 7.49. The number of rotatable bonds is 11. The fourth-order valence-electron chi connectivity index (χ4n) is 3.25. The molecule has 6 nitrogen and oxygen atoms in total. The summed E-state index contributed by atoms with van der Waals surface area (Å²) in [6.07, 6.45) is 0.382. The molecule has 2 aromatic carbocycles. The number of carboxylic acids is 1. The number of carboxylic acid groups (broad SMARTS) is 1. The molecule has 160 valence electrons. The predicted molar refractivity (Wildman–Crippen MR) is 112 cm³/mol. The normalized spacial score (nSPS) is 12.2. The first-order valence-corrected chi connectivity index (χ1v) is 10.1. The molecule has 0 heterocycles. The second-order valence-corrected chi connectivity index (χ2v) is 7.49. The molecule has 31 heavy (non-hydrogen) atoms. The molecule has 0 aromatic heterocycles. The maximum atomic E-state index is 12.6. The Morgan fingerprint density at radius 3 is 2.16 bits per heavy atom. The van der Waals surface area contributed by atoms with E-state index in [1.165, 1.54) is 0 Å². The molecular weight excluding hydrogens is 405 g/mol. The number of carbonyl (C=O) groups excluding carboxylic acids is 3. The Kier molecular flexibility index (Phi) is 11.5. The van der Waals surface area contributed by atoms with Gasteiger partial charge in [-0.05, 0) is 49.8 Å². The average Bonchev–Trinajstić information content (AvgIpc) is 2.73. The summed E-state index contributed by atoms with van der Waals surface area (Å²) in [5.41, 5.74) is 2.40. The summed E-state index contributed by atoms with van der Waals surface area (Å²) in [7, 11) is 0. The summed E-state index contributed by atoms with van der Waals surface area (Å²) in [5.74, 6) is -1.96. The Morgan fingerprint density at radius 2 is 1.58 bits per heavy atom. The Labute approximate surface area is 205 Å². The van der Waals surface area contributed by atoms with Crippen molar-refractivity contribution < 1.29 is 53.8 Å². The van der Waals surface area contributed by atoms with E-state index in [-0.39, 0.29) is 67.4 Å². The van der Waals surface area contributed by atoms with Gasteiger partial charge in [-0.2, -0.15) is 0 Å². The molecule has 0 radical (unpaired) electrons. The largest absolute Gasteiger partial charge is 1.00 e. The minimum absolute atomic E-state index is 0. The van der Waals surface area contributed by atoms with Crippen LogP contribution in [-0.2, 0) is 25.5 Å². The molecular formula is C24H28NNaO5. The standard InChI is InChI=1S/C24H29NO5.Na/c1-3-30-23(29)24(2,15-16-25-21(26)13-14-22(27)28)17-18-9-11-20(12-10-18)19-7-5-4-6-8-19;/h4-12H,3,13-17H2,1-2H3,(H,25,26)(H,27,28);/q;+1/p-1/t24-;/m0./s1. The zero-order valence-corrected chi connectivity index (χ0v) is 20.5. The third kappa shape index (κ3) is 8.85. The monoisotopic (exact) mass is 433 g/mol. The third-order valence-corrected chi connectivity index (χ3v) is 4.98. The van der Waals surface area contributed by atoms with E-state index in [4.69, 9.17) is 4.74 Å². The van der Waals surface area contributed by atoms with E-state index in [9.17, 15) is 19.5 Å². The summed E-state index contributed by atoms with van der Waals surface area (Å²) < 4.78 is 5.27. The smallest absolute Gasteiger partial charge is 0.550 e. The molecule has 0 saturated carbocycles. The van der Waals surface area contributed by atoms with Crippen LogP contribution >= 0.6 is 0 Å². The number of carbonyl (C=O) groups is 3. The Hall–Kier alpha value is -2.15. The zero-order valence-electron chi connectivity index (χ0n) is 18.5. The molecule has 7 heteroatoms. The first-order chi connectivity index (χ1) is 14.3. The number of esters is 1. The number of benzene rings is 2. The van der Waals surface area contributed by atoms with Crippen LogP contribution in [0.2, 0.25) is 0 Å². The van der Waals surface area contributed by atoms with Crippen LogP contribution in [0.25, 0.3) is 11.1 Å². The van der Waals surface area contributed by atoms with Crippen molar-refractivity contribution in [1.82, 2.24) is 5.32 Å². The van der Waals surface area contributed by atoms with Crippen molar-refractivity contribution >= 4 is 17.8 Å². The molecule has 1 atom stereocenters. The molecule has 0 spiro atoms. The van der Waals surface area contributed by atoms with E-state index in [0.29, 0.717) is 12.8 Å². The van der Waals surface area contributed by atoms with Gasteiger partial charge in [0.2, 0.25) is 5.91 Å². The van der Waals surface area contributed by atoms with Crippen molar-refractivity contribution in [3.63, 3.8) is 0 Å². The van der Waals surface area contributed by atoms with Crippen molar-refractivity contribution in [3.05, 3.63) is 60.2 Å². The van der Waals surface area contributed by atoms with Gasteiger partial charge in [-0.1, -0.05) is 54.6 Å². The fourth-order valence-corrected chi connectivity index (χ4v) is 3.25. The van der Waals surface area contributed by atoms with Gasteiger partial charge in [-0.15, -0.1) is 0 Å². The van der Waals surface area contributed by atoms with Crippen LogP contribution in [0.4, 0.5) is 0 Å². The molecule has 0 aliphatic carbocycles. The molecule has 0 bridgehead atoms. The van der Waals surface area contributed by atoms with Gasteiger partial charge in [0.25, 0.3) is 0 Å². The van der Waals surface area contributed by atoms with Gasteiger partial charge >= 0.3 is 35.5 Å². The first-order valence-electron chi connectivity index (χ1n) is 10.1. The molecule has 0 unspecified atom stereocenters. The van der Waals surface area contributed by atoms with Gasteiger partial charge in [-0.25, -0.2) is 0 Å². The second kappa shape index (κ2) is 13.3. The van der Waals surface area contributed by atoms with E-state index in [0.717, 1.165) is 16.7 Å². The van der Waals surface area contributed by atoms with Gasteiger partial charge in [0.1, 0.15) is 0 Å². The summed E-state index contributed by atoms with van der Waals surface area (Å²) in [5, 5.41) is 13.1. The number of amides is 1. The summed E-state index contributed by atoms with van der Waals surface area (Å²) in [4.78, 5) is 34.8. The molecule has 0 fully saturated rings. The maximum Gasteiger partial charge on any atom is 1.00 e. The fraction of sp³-hybridized carbons (Fsp3) is 0.375. The predicted octanol–water partition coefficient (Wildman–Crippen LogP) is -0.494. The molecule has 1 amide bonds. The van der Waals surface area contributed by atoms with Gasteiger partial charge in [0.15, 0.2) is 0 Å². The molecule has 1 N–H and O–H groups in total. The summed E-state index contributed by atoms with van der Waals surface area (Å²) >= 11 is 0. The van der Waals surface area contributed by atoms with Crippen LogP contribution in [-0.4, -0.2) is 31.0 Å². The number of hydrogen-bond acceptors (Lipinski definition) is 5. The van der Waals surface area contributed by atoms with Crippen molar-refractivity contribution in [1.29, 1.82) is 0 Å². The molecule has 2 aromatic rings. The van der Waals surface area contributed by atoms with Crippen molar-refractivity contribution in [3.8, 4) is 11.1 Å². The minimum atomic E-state index is -1.26. The van der Waals surface area contributed by atoms with E-state index in [1.807, 2.05) is 61.5 Å². The average molecular weight is 433 g/mol. The van der Waals surface area contributed by atoms with Crippen molar-refractivity contribution in [2.45, 2.75) is 39.5 Å². The third-order valence-electron chi connectivity index (χ3n) is 4.98. The minimum Gasteiger partial charge on any atom is -0.550 e. The Bertz CT molecular complexity index is 854. The molecule has 0 aliphatic rings. The van der Waals surface area contributed by atoms with Crippen LogP contribution in [0.1, 0.15) is 38.7 Å². The first kappa shape index (κ1) is 26.9. The van der Waals surface area contributed by atoms with Crippen LogP contribution < -0.4 is 40.0 Å². The van der Waals surface area contributed by atoms with E-state index in [1.54, 1.807) is 6.92 Å². The quantitative estimate of drug-likeness (QED) is 0.381. The van der Waals surface area contributed by atoms with Crippen molar-refractivity contribution in [2.75, 3.05) is 13.2 Å².